The topological polar surface area (TPSA) is 59.0 Å². The van der Waals surface area contributed by atoms with Crippen LogP contribution in [0.15, 0.2) is 35.1 Å². The molecule has 0 radical (unpaired) electrons. The van der Waals surface area contributed by atoms with Gasteiger partial charge in [-0.2, -0.15) is 0 Å². The number of nitrogens with zero attached hydrogens (tertiary/aromatic N) is 1. The zero-order chi connectivity index (χ0) is 19.2. The largest absolute Gasteiger partial charge is 0.509 e. The molecule has 2 atom stereocenters. The molecule has 0 aromatic carbocycles. The Bertz CT molecular complexity index is 651. The molecule has 1 heterocycles. The highest BCUT2D eigenvalue weighted by molar-refractivity contribution is 5.98. The third-order valence-corrected chi connectivity index (χ3v) is 5.82. The fourth-order valence-corrected chi connectivity index (χ4v) is 3.75. The van der Waals surface area contributed by atoms with E-state index in [4.69, 9.17) is 9.57 Å². The number of carbonyl (C=O) groups excluding carboxylic acids is 1. The van der Waals surface area contributed by atoms with Crippen LogP contribution >= 0.6 is 0 Å². The monoisotopic (exact) mass is 349 g/mol. The SMILES string of the molecule is COCON1C(=O)C(C2C(C)=CC=CC2(C)C(C)(C)C)=C(O)C1(C)C. The molecule has 0 saturated heterocycles. The minimum atomic E-state index is -0.939. The van der Waals surface area contributed by atoms with Crippen LogP contribution < -0.4 is 0 Å². The van der Waals surface area contributed by atoms with Crippen LogP contribution in [0.4, 0.5) is 0 Å². The second-order valence-electron chi connectivity index (χ2n) is 8.69. The Labute approximate surface area is 150 Å². The van der Waals surface area contributed by atoms with E-state index in [1.165, 1.54) is 12.2 Å². The molecule has 0 bridgehead atoms. The van der Waals surface area contributed by atoms with Gasteiger partial charge in [-0.1, -0.05) is 51.5 Å². The summed E-state index contributed by atoms with van der Waals surface area (Å²) in [5, 5.41) is 12.2. The fraction of sp³-hybridized carbons (Fsp3) is 0.650. The summed E-state index contributed by atoms with van der Waals surface area (Å²) in [5.41, 5.74) is 0.0989. The van der Waals surface area contributed by atoms with Crippen molar-refractivity contribution in [3.05, 3.63) is 35.1 Å². The summed E-state index contributed by atoms with van der Waals surface area (Å²) in [6, 6.07) is 0. The number of ether oxygens (including phenoxy) is 1. The molecule has 2 aliphatic rings. The number of aliphatic hydroxyl groups excluding tert-OH is 1. The number of hydroxylamine groups is 2. The predicted molar refractivity (Wildman–Crippen MR) is 97.5 cm³/mol. The van der Waals surface area contributed by atoms with Crippen molar-refractivity contribution in [3.8, 4) is 0 Å². The molecule has 5 heteroatoms. The van der Waals surface area contributed by atoms with Crippen LogP contribution in [0.2, 0.25) is 0 Å². The van der Waals surface area contributed by atoms with Crippen molar-refractivity contribution in [2.24, 2.45) is 16.7 Å². The minimum Gasteiger partial charge on any atom is -0.509 e. The number of carbonyl (C=O) groups is 1. The lowest BCUT2D eigenvalue weighted by Crippen LogP contribution is -2.45. The predicted octanol–water partition coefficient (Wildman–Crippen LogP) is 4.14. The average molecular weight is 349 g/mol. The minimum absolute atomic E-state index is 0.0499. The number of hydrogen-bond donors (Lipinski definition) is 1. The lowest BCUT2D eigenvalue weighted by Gasteiger charge is -2.48. The summed E-state index contributed by atoms with van der Waals surface area (Å²) < 4.78 is 4.94. The summed E-state index contributed by atoms with van der Waals surface area (Å²) >= 11 is 0. The molecule has 0 fully saturated rings. The van der Waals surface area contributed by atoms with Gasteiger partial charge in [-0.25, -0.2) is 9.90 Å². The van der Waals surface area contributed by atoms with Gasteiger partial charge >= 0.3 is 0 Å². The summed E-state index contributed by atoms with van der Waals surface area (Å²) in [7, 11) is 1.50. The molecule has 0 saturated carbocycles. The molecule has 1 aliphatic heterocycles. The van der Waals surface area contributed by atoms with Crippen LogP contribution in [0.3, 0.4) is 0 Å². The molecule has 5 nitrogen and oxygen atoms in total. The maximum atomic E-state index is 13.2. The number of allylic oxidation sites excluding steroid dienone is 4. The summed E-state index contributed by atoms with van der Waals surface area (Å²) in [6.45, 7) is 14.1. The average Bonchev–Trinajstić information content (AvgIpc) is 2.64. The lowest BCUT2D eigenvalue weighted by atomic mass is 9.55. The van der Waals surface area contributed by atoms with Gasteiger partial charge in [0.1, 0.15) is 11.3 Å². The molecule has 140 valence electrons. The molecule has 2 unspecified atom stereocenters. The van der Waals surface area contributed by atoms with Crippen LogP contribution in [0.1, 0.15) is 48.5 Å². The molecule has 1 amide bonds. The zero-order valence-corrected chi connectivity index (χ0v) is 16.6. The third-order valence-electron chi connectivity index (χ3n) is 5.82. The van der Waals surface area contributed by atoms with E-state index in [9.17, 15) is 9.90 Å². The van der Waals surface area contributed by atoms with E-state index in [-0.39, 0.29) is 35.2 Å². The quantitative estimate of drug-likeness (QED) is 0.775. The molecule has 0 aromatic rings. The first-order valence-corrected chi connectivity index (χ1v) is 8.65. The summed E-state index contributed by atoms with van der Waals surface area (Å²) in [6.07, 6.45) is 6.19. The summed E-state index contributed by atoms with van der Waals surface area (Å²) in [4.78, 5) is 18.7. The first-order chi connectivity index (χ1) is 11.4. The Balaban J connectivity index is 2.58. The van der Waals surface area contributed by atoms with Crippen LogP contribution in [-0.4, -0.2) is 35.5 Å². The van der Waals surface area contributed by atoms with E-state index in [0.29, 0.717) is 5.57 Å². The standard InChI is InChI=1S/C20H31NO4/c1-13-10-9-11-20(7,18(2,3)4)15(13)14-16(22)19(5,6)21(17(14)23)25-12-24-8/h9-11,15,22H,12H2,1-8H3. The number of aliphatic hydroxyl groups is 1. The van der Waals surface area contributed by atoms with Crippen LogP contribution in [-0.2, 0) is 14.4 Å². The highest BCUT2D eigenvalue weighted by atomic mass is 16.8. The van der Waals surface area contributed by atoms with Crippen molar-refractivity contribution in [2.75, 3.05) is 13.9 Å². The van der Waals surface area contributed by atoms with E-state index >= 15 is 0 Å². The third kappa shape index (κ3) is 2.93. The van der Waals surface area contributed by atoms with Crippen molar-refractivity contribution in [1.82, 2.24) is 5.06 Å². The van der Waals surface area contributed by atoms with Gasteiger partial charge < -0.3 is 9.84 Å². The molecular formula is C20H31NO4. The first kappa shape index (κ1) is 19.7. The molecule has 1 N–H and O–H groups in total. The number of methoxy groups -OCH3 is 1. The fourth-order valence-electron chi connectivity index (χ4n) is 3.75. The van der Waals surface area contributed by atoms with Crippen LogP contribution in [0.5, 0.6) is 0 Å². The van der Waals surface area contributed by atoms with Crippen molar-refractivity contribution in [1.29, 1.82) is 0 Å². The van der Waals surface area contributed by atoms with Gasteiger partial charge in [0.25, 0.3) is 5.91 Å². The lowest BCUT2D eigenvalue weighted by molar-refractivity contribution is -0.239. The maximum absolute atomic E-state index is 13.2. The van der Waals surface area contributed by atoms with Crippen molar-refractivity contribution < 1.29 is 19.5 Å². The van der Waals surface area contributed by atoms with Gasteiger partial charge in [0.05, 0.1) is 5.57 Å². The highest BCUT2D eigenvalue weighted by Gasteiger charge is 2.55. The van der Waals surface area contributed by atoms with Crippen molar-refractivity contribution in [2.45, 2.75) is 54.0 Å². The smallest absolute Gasteiger partial charge is 0.278 e. The Hall–Kier alpha value is -1.59. The number of rotatable bonds is 4. The van der Waals surface area contributed by atoms with E-state index in [0.717, 1.165) is 5.57 Å². The zero-order valence-electron chi connectivity index (χ0n) is 16.6. The second-order valence-corrected chi connectivity index (χ2v) is 8.69. The van der Waals surface area contributed by atoms with Gasteiger partial charge in [-0.15, -0.1) is 0 Å². The molecule has 1 aliphatic carbocycles. The van der Waals surface area contributed by atoms with Crippen LogP contribution in [0.25, 0.3) is 0 Å². The van der Waals surface area contributed by atoms with Gasteiger partial charge in [-0.05, 0) is 26.2 Å². The number of amides is 1. The maximum Gasteiger partial charge on any atom is 0.278 e. The highest BCUT2D eigenvalue weighted by Crippen LogP contribution is 2.55. The van der Waals surface area contributed by atoms with Gasteiger partial charge in [0, 0.05) is 18.4 Å². The molecular weight excluding hydrogens is 318 g/mol. The van der Waals surface area contributed by atoms with Crippen molar-refractivity contribution in [3.63, 3.8) is 0 Å². The van der Waals surface area contributed by atoms with Gasteiger partial charge in [-0.3, -0.25) is 4.79 Å². The Kier molecular flexibility index (Phi) is 4.96. The molecule has 0 spiro atoms. The molecule has 25 heavy (non-hydrogen) atoms. The molecule has 2 rings (SSSR count). The second kappa shape index (κ2) is 6.29. The Morgan fingerprint density at radius 3 is 2.40 bits per heavy atom. The number of hydrogen-bond acceptors (Lipinski definition) is 4. The van der Waals surface area contributed by atoms with Crippen LogP contribution in [0, 0.1) is 16.7 Å². The van der Waals surface area contributed by atoms with E-state index < -0.39 is 5.54 Å². The Morgan fingerprint density at radius 2 is 1.88 bits per heavy atom. The normalized spacial score (nSPS) is 29.4. The first-order valence-electron chi connectivity index (χ1n) is 8.65. The van der Waals surface area contributed by atoms with E-state index in [2.05, 4.69) is 33.8 Å². The van der Waals surface area contributed by atoms with Gasteiger partial charge in [0.2, 0.25) is 0 Å². The molecule has 0 aromatic heterocycles. The van der Waals surface area contributed by atoms with E-state index in [1.807, 2.05) is 19.1 Å². The van der Waals surface area contributed by atoms with Gasteiger partial charge in [0.15, 0.2) is 6.79 Å². The Morgan fingerprint density at radius 1 is 1.28 bits per heavy atom. The van der Waals surface area contributed by atoms with E-state index in [1.54, 1.807) is 13.8 Å². The summed E-state index contributed by atoms with van der Waals surface area (Å²) in [5.74, 6) is -0.458. The van der Waals surface area contributed by atoms with Crippen molar-refractivity contribution >= 4 is 5.91 Å².